The lowest BCUT2D eigenvalue weighted by Crippen LogP contribution is -2.33. The monoisotopic (exact) mass is 171 g/mol. The number of hydrogen-bond donors (Lipinski definition) is 0. The van der Waals surface area contributed by atoms with Crippen molar-refractivity contribution in [3.8, 4) is 5.75 Å². The first kappa shape index (κ1) is 10.7. The highest BCUT2D eigenvalue weighted by molar-refractivity contribution is 5.22. The van der Waals surface area contributed by atoms with Crippen molar-refractivity contribution in [2.24, 2.45) is 0 Å². The second-order valence-electron chi connectivity index (χ2n) is 2.47. The third-order valence-corrected chi connectivity index (χ3v) is 1.58. The lowest BCUT2D eigenvalue weighted by atomic mass is 10.3. The highest BCUT2D eigenvalue weighted by Gasteiger charge is 2.05. The van der Waals surface area contributed by atoms with E-state index in [9.17, 15) is 5.21 Å². The van der Waals surface area contributed by atoms with Gasteiger partial charge >= 0.3 is 0 Å². The Hall–Kier alpha value is -1.29. The van der Waals surface area contributed by atoms with Gasteiger partial charge in [-0.15, -0.1) is 0 Å². The van der Waals surface area contributed by atoms with E-state index in [1.807, 2.05) is 0 Å². The Morgan fingerprint density at radius 2 is 1.67 bits per heavy atom. The third-order valence-electron chi connectivity index (χ3n) is 1.58. The molecule has 0 fully saturated rings. The maximum absolute atomic E-state index is 11.1. The van der Waals surface area contributed by atoms with Gasteiger partial charge in [0.2, 0.25) is 0 Å². The lowest BCUT2D eigenvalue weighted by molar-refractivity contribution is -0.619. The fourth-order valence-electron chi connectivity index (χ4n) is 0.967. The zero-order valence-corrected chi connectivity index (χ0v) is 7.42. The molecule has 0 aliphatic rings. The molecule has 0 amide bonds. The van der Waals surface area contributed by atoms with Crippen LogP contribution in [-0.4, -0.2) is 12.6 Å². The van der Waals surface area contributed by atoms with Crippen LogP contribution in [0.1, 0.15) is 11.4 Å². The van der Waals surface area contributed by atoms with Gasteiger partial charge in [0.1, 0.15) is 5.75 Å². The van der Waals surface area contributed by atoms with Gasteiger partial charge < -0.3 is 15.4 Å². The molecule has 0 aliphatic carbocycles. The molecule has 0 radical (unpaired) electrons. The minimum absolute atomic E-state index is 0. The first-order valence-electron chi connectivity index (χ1n) is 3.40. The number of hydrogen-bond acceptors (Lipinski definition) is 2. The van der Waals surface area contributed by atoms with Crippen LogP contribution >= 0.6 is 0 Å². The molecule has 0 aliphatic heterocycles. The first-order valence-corrected chi connectivity index (χ1v) is 3.40. The van der Waals surface area contributed by atoms with Gasteiger partial charge in [0, 0.05) is 26.0 Å². The van der Waals surface area contributed by atoms with Crippen LogP contribution in [0.5, 0.6) is 5.75 Å². The summed E-state index contributed by atoms with van der Waals surface area (Å²) in [6.07, 6.45) is 0. The number of rotatable bonds is 1. The molecule has 2 N–H and O–H groups in total. The summed E-state index contributed by atoms with van der Waals surface area (Å²) in [5.41, 5.74) is 1.31. The van der Waals surface area contributed by atoms with Gasteiger partial charge in [-0.2, -0.15) is 4.73 Å². The van der Waals surface area contributed by atoms with Crippen molar-refractivity contribution in [1.82, 2.24) is 0 Å². The van der Waals surface area contributed by atoms with Crippen molar-refractivity contribution in [3.05, 3.63) is 28.7 Å². The third kappa shape index (κ3) is 1.85. The smallest absolute Gasteiger partial charge is 0.193 e. The fourth-order valence-corrected chi connectivity index (χ4v) is 0.967. The fraction of sp³-hybridized carbons (Fsp3) is 0.375. The van der Waals surface area contributed by atoms with E-state index in [0.29, 0.717) is 11.4 Å². The molecule has 1 rings (SSSR count). The van der Waals surface area contributed by atoms with E-state index in [2.05, 4.69) is 0 Å². The first-order chi connectivity index (χ1) is 5.15. The predicted molar refractivity (Wildman–Crippen MR) is 45.0 cm³/mol. The summed E-state index contributed by atoms with van der Waals surface area (Å²) in [5.74, 6) is 0.729. The second-order valence-corrected chi connectivity index (χ2v) is 2.47. The zero-order valence-electron chi connectivity index (χ0n) is 7.42. The van der Waals surface area contributed by atoms with Gasteiger partial charge in [0.05, 0.1) is 7.11 Å². The van der Waals surface area contributed by atoms with Gasteiger partial charge in [-0.3, -0.25) is 0 Å². The minimum atomic E-state index is 0. The van der Waals surface area contributed by atoms with E-state index in [-0.39, 0.29) is 5.48 Å². The molecule has 0 bridgehead atoms. The summed E-state index contributed by atoms with van der Waals surface area (Å²) >= 11 is 0. The molecular formula is C8H13NO3. The number of pyridine rings is 1. The molecule has 0 unspecified atom stereocenters. The largest absolute Gasteiger partial charge is 0.618 e. The SMILES string of the molecule is COc1cc(C)[n+]([O-])c(C)c1.O. The van der Waals surface area contributed by atoms with Crippen LogP contribution in [0.15, 0.2) is 12.1 Å². The van der Waals surface area contributed by atoms with Crippen LogP contribution in [0.2, 0.25) is 0 Å². The number of aromatic nitrogens is 1. The van der Waals surface area contributed by atoms with Crippen LogP contribution < -0.4 is 9.47 Å². The molecule has 4 nitrogen and oxygen atoms in total. The molecule has 12 heavy (non-hydrogen) atoms. The Morgan fingerprint density at radius 1 is 1.25 bits per heavy atom. The number of aryl methyl sites for hydroxylation is 2. The van der Waals surface area contributed by atoms with E-state index >= 15 is 0 Å². The van der Waals surface area contributed by atoms with Crippen LogP contribution in [0, 0.1) is 19.1 Å². The zero-order chi connectivity index (χ0) is 8.43. The van der Waals surface area contributed by atoms with Crippen molar-refractivity contribution < 1.29 is 14.9 Å². The molecular weight excluding hydrogens is 158 g/mol. The van der Waals surface area contributed by atoms with E-state index in [0.717, 1.165) is 10.5 Å². The van der Waals surface area contributed by atoms with Gasteiger partial charge in [0.15, 0.2) is 11.4 Å². The maximum Gasteiger partial charge on any atom is 0.193 e. The highest BCUT2D eigenvalue weighted by Crippen LogP contribution is 2.10. The summed E-state index contributed by atoms with van der Waals surface area (Å²) in [6.45, 7) is 3.50. The Kier molecular flexibility index (Phi) is 3.50. The average Bonchev–Trinajstić information content (AvgIpc) is 1.99. The standard InChI is InChI=1S/C8H11NO2.H2O/c1-6-4-8(11-3)5-7(2)9(6)10;/h4-5H,1-3H3;1H2. The lowest BCUT2D eigenvalue weighted by Gasteiger charge is -2.05. The van der Waals surface area contributed by atoms with Crippen molar-refractivity contribution in [3.63, 3.8) is 0 Å². The second kappa shape index (κ2) is 3.92. The summed E-state index contributed by atoms with van der Waals surface area (Å²) in [4.78, 5) is 0. The molecule has 0 spiro atoms. The van der Waals surface area contributed by atoms with Crippen molar-refractivity contribution in [1.29, 1.82) is 0 Å². The predicted octanol–water partition coefficient (Wildman–Crippen LogP) is 0.121. The molecule has 1 heterocycles. The normalized spacial score (nSPS) is 8.92. The van der Waals surface area contributed by atoms with Gasteiger partial charge in [-0.1, -0.05) is 0 Å². The summed E-state index contributed by atoms with van der Waals surface area (Å²) in [7, 11) is 1.59. The maximum atomic E-state index is 11.1. The Labute approximate surface area is 71.3 Å². The molecule has 68 valence electrons. The van der Waals surface area contributed by atoms with Crippen LogP contribution in [0.4, 0.5) is 0 Å². The van der Waals surface area contributed by atoms with Crippen molar-refractivity contribution in [2.45, 2.75) is 13.8 Å². The summed E-state index contributed by atoms with van der Waals surface area (Å²) in [5, 5.41) is 11.1. The quantitative estimate of drug-likeness (QED) is 0.445. The molecule has 0 saturated carbocycles. The Bertz CT molecular complexity index is 250. The highest BCUT2D eigenvalue weighted by atomic mass is 16.5. The average molecular weight is 171 g/mol. The number of methoxy groups -OCH3 is 1. The van der Waals surface area contributed by atoms with E-state index in [1.165, 1.54) is 0 Å². The van der Waals surface area contributed by atoms with Crippen LogP contribution in [0.25, 0.3) is 0 Å². The number of nitrogens with zero attached hydrogens (tertiary/aromatic N) is 1. The molecule has 0 atom stereocenters. The van der Waals surface area contributed by atoms with Crippen LogP contribution in [-0.2, 0) is 0 Å². The van der Waals surface area contributed by atoms with Crippen molar-refractivity contribution >= 4 is 0 Å². The van der Waals surface area contributed by atoms with Gasteiger partial charge in [0.25, 0.3) is 0 Å². The summed E-state index contributed by atoms with van der Waals surface area (Å²) in [6, 6.07) is 3.42. The van der Waals surface area contributed by atoms with E-state index < -0.39 is 0 Å². The topological polar surface area (TPSA) is 67.7 Å². The molecule has 1 aromatic heterocycles. The van der Waals surface area contributed by atoms with E-state index in [1.54, 1.807) is 33.1 Å². The van der Waals surface area contributed by atoms with Crippen molar-refractivity contribution in [2.75, 3.05) is 7.11 Å². The molecule has 0 aromatic carbocycles. The molecule has 4 heteroatoms. The number of ether oxygens (including phenoxy) is 1. The summed E-state index contributed by atoms with van der Waals surface area (Å²) < 4.78 is 5.86. The molecule has 1 aromatic rings. The van der Waals surface area contributed by atoms with Crippen LogP contribution in [0.3, 0.4) is 0 Å². The molecule has 0 saturated heterocycles. The van der Waals surface area contributed by atoms with Gasteiger partial charge in [-0.25, -0.2) is 0 Å². The Morgan fingerprint density at radius 3 is 2.00 bits per heavy atom. The Balaban J connectivity index is 0.00000121. The minimum Gasteiger partial charge on any atom is -0.618 e. The van der Waals surface area contributed by atoms with Gasteiger partial charge in [-0.05, 0) is 0 Å². The van der Waals surface area contributed by atoms with E-state index in [4.69, 9.17) is 4.74 Å².